The van der Waals surface area contributed by atoms with Crippen LogP contribution >= 0.6 is 0 Å². The third-order valence-corrected chi connectivity index (χ3v) is 9.01. The van der Waals surface area contributed by atoms with Crippen LogP contribution in [-0.4, -0.2) is 30.6 Å². The summed E-state index contributed by atoms with van der Waals surface area (Å²) in [5.74, 6) is -0.716. The number of carbonyl (C=O) groups excluding carboxylic acids is 1. The van der Waals surface area contributed by atoms with Crippen molar-refractivity contribution in [1.82, 2.24) is 0 Å². The average Bonchev–Trinajstić information content (AvgIpc) is 3.06. The van der Waals surface area contributed by atoms with Crippen molar-refractivity contribution >= 4 is 11.5 Å². The maximum atomic E-state index is 15.6. The molecular formula is C27H33F2NO2. The molecule has 0 saturated heterocycles. The molecule has 3 nitrogen and oxygen atoms in total. The minimum atomic E-state index is -0.505. The van der Waals surface area contributed by atoms with Gasteiger partial charge < -0.3 is 10.0 Å². The number of halogens is 2. The van der Waals surface area contributed by atoms with E-state index < -0.39 is 23.7 Å². The standard InChI is InChI=1S/C27H33F2NO2/c1-4-30(3)16-12-22(28)26(23(29)13-16)20-14-27(2)21(9-10-24(27)32)19-7-5-15-11-17(31)6-8-18(15)25(19)20/h11-13,19-21,24,32H,4-10,14H2,1-3H3. The molecule has 1 aromatic rings. The third-order valence-electron chi connectivity index (χ3n) is 9.01. The molecule has 5 heteroatoms. The van der Waals surface area contributed by atoms with Gasteiger partial charge in [-0.3, -0.25) is 4.79 Å². The molecule has 2 saturated carbocycles. The van der Waals surface area contributed by atoms with Crippen LogP contribution < -0.4 is 4.90 Å². The van der Waals surface area contributed by atoms with Gasteiger partial charge in [0.05, 0.1) is 6.10 Å². The van der Waals surface area contributed by atoms with Crippen LogP contribution in [0.1, 0.15) is 70.3 Å². The summed E-state index contributed by atoms with van der Waals surface area (Å²) in [5.41, 5.74) is 3.73. The quantitative estimate of drug-likeness (QED) is 0.656. The van der Waals surface area contributed by atoms with E-state index in [4.69, 9.17) is 0 Å². The predicted octanol–water partition coefficient (Wildman–Crippen LogP) is 5.68. The molecule has 5 rings (SSSR count). The van der Waals surface area contributed by atoms with Gasteiger partial charge >= 0.3 is 0 Å². The molecular weight excluding hydrogens is 408 g/mol. The van der Waals surface area contributed by atoms with Crippen LogP contribution in [0.4, 0.5) is 14.5 Å². The Labute approximate surface area is 189 Å². The molecule has 5 unspecified atom stereocenters. The lowest BCUT2D eigenvalue weighted by Gasteiger charge is -2.52. The Hall–Kier alpha value is -2.01. The lowest BCUT2D eigenvalue weighted by Crippen LogP contribution is -2.45. The molecule has 0 spiro atoms. The number of hydrogen-bond acceptors (Lipinski definition) is 3. The van der Waals surface area contributed by atoms with Gasteiger partial charge in [-0.1, -0.05) is 12.5 Å². The van der Waals surface area contributed by atoms with Crippen molar-refractivity contribution in [2.75, 3.05) is 18.5 Å². The van der Waals surface area contributed by atoms with Gasteiger partial charge in [-0.25, -0.2) is 8.78 Å². The zero-order chi connectivity index (χ0) is 22.8. The molecule has 0 heterocycles. The average molecular weight is 442 g/mol. The van der Waals surface area contributed by atoms with Crippen LogP contribution in [0.5, 0.6) is 0 Å². The van der Waals surface area contributed by atoms with Gasteiger partial charge in [0.25, 0.3) is 0 Å². The zero-order valence-corrected chi connectivity index (χ0v) is 19.3. The molecule has 2 fully saturated rings. The van der Waals surface area contributed by atoms with E-state index in [-0.39, 0.29) is 22.7 Å². The van der Waals surface area contributed by atoms with Crippen molar-refractivity contribution in [3.63, 3.8) is 0 Å². The Bertz CT molecular complexity index is 1010. The van der Waals surface area contributed by atoms with E-state index in [0.717, 1.165) is 36.8 Å². The number of aliphatic hydroxyl groups excluding tert-OH is 1. The van der Waals surface area contributed by atoms with Crippen LogP contribution in [0.2, 0.25) is 0 Å². The monoisotopic (exact) mass is 441 g/mol. The molecule has 1 aromatic carbocycles. The van der Waals surface area contributed by atoms with Gasteiger partial charge in [0.2, 0.25) is 0 Å². The van der Waals surface area contributed by atoms with Crippen LogP contribution in [0.15, 0.2) is 34.9 Å². The fraction of sp³-hybridized carbons (Fsp3) is 0.593. The van der Waals surface area contributed by atoms with Gasteiger partial charge in [-0.05, 0) is 92.1 Å². The SMILES string of the molecule is CCN(C)c1cc(F)c(C2CC3(C)C(O)CCC3C3CCC4=CC(=O)CCC4=C23)c(F)c1. The summed E-state index contributed by atoms with van der Waals surface area (Å²) in [4.78, 5) is 13.9. The first-order valence-electron chi connectivity index (χ1n) is 12.1. The van der Waals surface area contributed by atoms with E-state index in [2.05, 4.69) is 6.92 Å². The lowest BCUT2D eigenvalue weighted by atomic mass is 9.53. The summed E-state index contributed by atoms with van der Waals surface area (Å²) in [6.07, 6.45) is 6.44. The molecule has 172 valence electrons. The number of anilines is 1. The first-order chi connectivity index (χ1) is 15.2. The Morgan fingerprint density at radius 3 is 2.53 bits per heavy atom. The Balaban J connectivity index is 1.69. The molecule has 0 aromatic heterocycles. The van der Waals surface area contributed by atoms with Crippen LogP contribution in [0.25, 0.3) is 0 Å². The minimum absolute atomic E-state index is 0.141. The molecule has 1 N–H and O–H groups in total. The molecule has 4 aliphatic carbocycles. The summed E-state index contributed by atoms with van der Waals surface area (Å²) in [7, 11) is 1.83. The van der Waals surface area contributed by atoms with Crippen LogP contribution in [-0.2, 0) is 4.79 Å². The minimum Gasteiger partial charge on any atom is -0.393 e. The highest BCUT2D eigenvalue weighted by Gasteiger charge is 2.57. The van der Waals surface area contributed by atoms with E-state index in [1.165, 1.54) is 17.7 Å². The maximum Gasteiger partial charge on any atom is 0.156 e. The fourth-order valence-corrected chi connectivity index (χ4v) is 7.20. The number of carbonyl (C=O) groups is 1. The largest absolute Gasteiger partial charge is 0.393 e. The molecule has 4 aliphatic rings. The highest BCUT2D eigenvalue weighted by atomic mass is 19.1. The van der Waals surface area contributed by atoms with Gasteiger partial charge in [0.1, 0.15) is 11.6 Å². The smallest absolute Gasteiger partial charge is 0.156 e. The lowest BCUT2D eigenvalue weighted by molar-refractivity contribution is -0.114. The van der Waals surface area contributed by atoms with E-state index >= 15 is 8.78 Å². The van der Waals surface area contributed by atoms with Crippen molar-refractivity contribution in [3.05, 3.63) is 52.1 Å². The highest BCUT2D eigenvalue weighted by molar-refractivity contribution is 5.93. The Morgan fingerprint density at radius 2 is 1.84 bits per heavy atom. The molecule has 5 atom stereocenters. The van der Waals surface area contributed by atoms with Crippen LogP contribution in [0, 0.1) is 28.9 Å². The number of aliphatic hydroxyl groups is 1. The third kappa shape index (κ3) is 3.19. The normalized spacial score (nSPS) is 34.1. The summed E-state index contributed by atoms with van der Waals surface area (Å²) in [6.45, 7) is 4.73. The molecule has 0 radical (unpaired) electrons. The zero-order valence-electron chi connectivity index (χ0n) is 19.3. The van der Waals surface area contributed by atoms with Gasteiger partial charge in [0.15, 0.2) is 5.78 Å². The summed E-state index contributed by atoms with van der Waals surface area (Å²) in [6, 6.07) is 2.90. The molecule has 0 amide bonds. The Morgan fingerprint density at radius 1 is 1.12 bits per heavy atom. The number of allylic oxidation sites excluding steroid dienone is 4. The van der Waals surface area contributed by atoms with Gasteiger partial charge in [-0.2, -0.15) is 0 Å². The first-order valence-corrected chi connectivity index (χ1v) is 12.1. The maximum absolute atomic E-state index is 15.6. The number of nitrogens with zero attached hydrogens (tertiary/aromatic N) is 1. The van der Waals surface area contributed by atoms with Crippen LogP contribution in [0.3, 0.4) is 0 Å². The van der Waals surface area contributed by atoms with E-state index in [1.807, 2.05) is 18.9 Å². The number of benzene rings is 1. The van der Waals surface area contributed by atoms with E-state index in [0.29, 0.717) is 37.4 Å². The van der Waals surface area contributed by atoms with E-state index in [9.17, 15) is 9.90 Å². The predicted molar refractivity (Wildman–Crippen MR) is 122 cm³/mol. The second kappa shape index (κ2) is 7.79. The fourth-order valence-electron chi connectivity index (χ4n) is 7.20. The summed E-state index contributed by atoms with van der Waals surface area (Å²) in [5, 5.41) is 10.9. The second-order valence-electron chi connectivity index (χ2n) is 10.5. The first kappa shape index (κ1) is 21.8. The number of rotatable bonds is 3. The van der Waals surface area contributed by atoms with E-state index in [1.54, 1.807) is 6.08 Å². The summed E-state index contributed by atoms with van der Waals surface area (Å²) < 4.78 is 31.2. The highest BCUT2D eigenvalue weighted by Crippen LogP contribution is 2.64. The molecule has 32 heavy (non-hydrogen) atoms. The van der Waals surface area contributed by atoms with Crippen molar-refractivity contribution in [2.24, 2.45) is 17.3 Å². The summed E-state index contributed by atoms with van der Waals surface area (Å²) >= 11 is 0. The van der Waals surface area contributed by atoms with Gasteiger partial charge in [-0.15, -0.1) is 0 Å². The number of hydrogen-bond donors (Lipinski definition) is 1. The molecule has 0 aliphatic heterocycles. The van der Waals surface area contributed by atoms with Crippen molar-refractivity contribution in [2.45, 2.75) is 70.8 Å². The van der Waals surface area contributed by atoms with Gasteiger partial charge in [0, 0.05) is 37.2 Å². The van der Waals surface area contributed by atoms with Crippen molar-refractivity contribution < 1.29 is 18.7 Å². The number of ketones is 1. The Kier molecular flexibility index (Phi) is 5.31. The van der Waals surface area contributed by atoms with Crippen molar-refractivity contribution in [3.8, 4) is 0 Å². The second-order valence-corrected chi connectivity index (χ2v) is 10.5. The molecule has 0 bridgehead atoms. The van der Waals surface area contributed by atoms with Crippen molar-refractivity contribution in [1.29, 1.82) is 0 Å². The number of fused-ring (bicyclic) bond motifs is 4. The topological polar surface area (TPSA) is 40.5 Å².